The summed E-state index contributed by atoms with van der Waals surface area (Å²) in [6, 6.07) is 0. The first kappa shape index (κ1) is 11.2. The fourth-order valence-corrected chi connectivity index (χ4v) is 1.72. The van der Waals surface area contributed by atoms with Gasteiger partial charge in [-0.3, -0.25) is 4.79 Å². The van der Waals surface area contributed by atoms with Crippen LogP contribution in [0.3, 0.4) is 0 Å². The number of rotatable bonds is 1. The first-order valence-corrected chi connectivity index (χ1v) is 5.56. The standard InChI is InChI=1S/C13H20O/c1-11(2)12-7-5-3-4-6-8-13(14)10-9-12/h5-8,11-12H,3-4,9-10H2,1-2H3/b7-5-,8-6-. The Bertz CT molecular complexity index is 236. The van der Waals surface area contributed by atoms with Gasteiger partial charge in [0, 0.05) is 6.42 Å². The first-order valence-electron chi connectivity index (χ1n) is 5.56. The van der Waals surface area contributed by atoms with Gasteiger partial charge in [-0.2, -0.15) is 0 Å². The van der Waals surface area contributed by atoms with Crippen LogP contribution in [0, 0.1) is 11.8 Å². The molecule has 0 saturated carbocycles. The highest BCUT2D eigenvalue weighted by atomic mass is 16.1. The molecular formula is C13H20O. The number of hydrogen-bond donors (Lipinski definition) is 0. The predicted molar refractivity (Wildman–Crippen MR) is 60.1 cm³/mol. The van der Waals surface area contributed by atoms with Crippen molar-refractivity contribution >= 4 is 5.78 Å². The Morgan fingerprint density at radius 1 is 1.29 bits per heavy atom. The van der Waals surface area contributed by atoms with Crippen LogP contribution in [0.2, 0.25) is 0 Å². The third-order valence-electron chi connectivity index (χ3n) is 2.77. The molecule has 0 amide bonds. The van der Waals surface area contributed by atoms with Gasteiger partial charge in [-0.1, -0.05) is 32.1 Å². The van der Waals surface area contributed by atoms with Crippen molar-refractivity contribution < 1.29 is 4.79 Å². The lowest BCUT2D eigenvalue weighted by molar-refractivity contribution is -0.114. The molecule has 1 heteroatoms. The molecule has 0 aliphatic heterocycles. The molecule has 1 aliphatic carbocycles. The summed E-state index contributed by atoms with van der Waals surface area (Å²) in [6.45, 7) is 4.45. The molecule has 0 bridgehead atoms. The molecule has 1 unspecified atom stereocenters. The molecule has 1 rings (SSSR count). The van der Waals surface area contributed by atoms with E-state index in [1.165, 1.54) is 0 Å². The van der Waals surface area contributed by atoms with Crippen molar-refractivity contribution in [2.24, 2.45) is 11.8 Å². The highest BCUT2D eigenvalue weighted by Crippen LogP contribution is 2.20. The van der Waals surface area contributed by atoms with Crippen molar-refractivity contribution in [1.82, 2.24) is 0 Å². The zero-order valence-corrected chi connectivity index (χ0v) is 9.20. The average Bonchev–Trinajstić information content (AvgIpc) is 2.15. The van der Waals surface area contributed by atoms with Crippen LogP contribution in [0.15, 0.2) is 24.3 Å². The minimum Gasteiger partial charge on any atom is -0.295 e. The van der Waals surface area contributed by atoms with E-state index in [1.807, 2.05) is 6.08 Å². The number of hydrogen-bond acceptors (Lipinski definition) is 1. The highest BCUT2D eigenvalue weighted by Gasteiger charge is 2.11. The van der Waals surface area contributed by atoms with Crippen LogP contribution in [-0.2, 0) is 4.79 Å². The molecule has 78 valence electrons. The molecule has 0 spiro atoms. The Kier molecular flexibility index (Phi) is 4.64. The van der Waals surface area contributed by atoms with Gasteiger partial charge in [0.1, 0.15) is 0 Å². The Balaban J connectivity index is 2.58. The minimum atomic E-state index is 0.283. The second-order valence-electron chi connectivity index (χ2n) is 4.32. The van der Waals surface area contributed by atoms with E-state index < -0.39 is 0 Å². The fraction of sp³-hybridized carbons (Fsp3) is 0.615. The summed E-state index contributed by atoms with van der Waals surface area (Å²) >= 11 is 0. The summed E-state index contributed by atoms with van der Waals surface area (Å²) in [7, 11) is 0. The number of carbonyl (C=O) groups is 1. The molecule has 1 nitrogen and oxygen atoms in total. The SMILES string of the molecule is CC(C)C1/C=C\CC/C=C\C(=O)CC1. The van der Waals surface area contributed by atoms with Crippen LogP contribution in [0.1, 0.15) is 39.5 Å². The van der Waals surface area contributed by atoms with E-state index in [4.69, 9.17) is 0 Å². The summed E-state index contributed by atoms with van der Waals surface area (Å²) < 4.78 is 0. The zero-order chi connectivity index (χ0) is 10.4. The van der Waals surface area contributed by atoms with Crippen molar-refractivity contribution in [3.05, 3.63) is 24.3 Å². The molecule has 0 aromatic rings. The maximum Gasteiger partial charge on any atom is 0.155 e. The van der Waals surface area contributed by atoms with Crippen molar-refractivity contribution in [1.29, 1.82) is 0 Å². The topological polar surface area (TPSA) is 17.1 Å². The second kappa shape index (κ2) is 5.79. The van der Waals surface area contributed by atoms with Crippen LogP contribution >= 0.6 is 0 Å². The predicted octanol–water partition coefficient (Wildman–Crippen LogP) is 3.51. The largest absolute Gasteiger partial charge is 0.295 e. The fourth-order valence-electron chi connectivity index (χ4n) is 1.72. The van der Waals surface area contributed by atoms with Crippen LogP contribution in [-0.4, -0.2) is 5.78 Å². The second-order valence-corrected chi connectivity index (χ2v) is 4.32. The van der Waals surface area contributed by atoms with Crippen LogP contribution in [0.4, 0.5) is 0 Å². The van der Waals surface area contributed by atoms with Gasteiger partial charge in [-0.25, -0.2) is 0 Å². The van der Waals surface area contributed by atoms with Gasteiger partial charge in [-0.05, 0) is 37.2 Å². The van der Waals surface area contributed by atoms with Crippen LogP contribution in [0.25, 0.3) is 0 Å². The Hall–Kier alpha value is -0.850. The molecule has 0 heterocycles. The van der Waals surface area contributed by atoms with Gasteiger partial charge in [0.25, 0.3) is 0 Å². The normalized spacial score (nSPS) is 28.8. The van der Waals surface area contributed by atoms with E-state index >= 15 is 0 Å². The van der Waals surface area contributed by atoms with Gasteiger partial charge < -0.3 is 0 Å². The third kappa shape index (κ3) is 3.91. The molecule has 0 fully saturated rings. The molecule has 1 aliphatic rings. The third-order valence-corrected chi connectivity index (χ3v) is 2.77. The van der Waals surface area contributed by atoms with E-state index in [-0.39, 0.29) is 5.78 Å². The average molecular weight is 192 g/mol. The monoisotopic (exact) mass is 192 g/mol. The zero-order valence-electron chi connectivity index (χ0n) is 9.20. The minimum absolute atomic E-state index is 0.283. The molecular weight excluding hydrogens is 172 g/mol. The van der Waals surface area contributed by atoms with E-state index in [0.717, 1.165) is 19.3 Å². The summed E-state index contributed by atoms with van der Waals surface area (Å²) in [5.41, 5.74) is 0. The summed E-state index contributed by atoms with van der Waals surface area (Å²) in [5, 5.41) is 0. The van der Waals surface area contributed by atoms with E-state index in [9.17, 15) is 4.79 Å². The molecule has 1 atom stereocenters. The van der Waals surface area contributed by atoms with E-state index in [1.54, 1.807) is 6.08 Å². The lowest BCUT2D eigenvalue weighted by Gasteiger charge is -2.16. The number of allylic oxidation sites excluding steroid dienone is 4. The molecule has 0 radical (unpaired) electrons. The Morgan fingerprint density at radius 2 is 2.00 bits per heavy atom. The quantitative estimate of drug-likeness (QED) is 0.581. The number of ketones is 1. The Morgan fingerprint density at radius 3 is 2.71 bits per heavy atom. The lowest BCUT2D eigenvalue weighted by Crippen LogP contribution is -2.08. The first-order chi connectivity index (χ1) is 6.70. The number of carbonyl (C=O) groups excluding carboxylic acids is 1. The molecule has 0 aromatic heterocycles. The van der Waals surface area contributed by atoms with E-state index in [0.29, 0.717) is 18.3 Å². The van der Waals surface area contributed by atoms with Gasteiger partial charge in [0.2, 0.25) is 0 Å². The van der Waals surface area contributed by atoms with Gasteiger partial charge in [0.05, 0.1) is 0 Å². The summed E-state index contributed by atoms with van der Waals surface area (Å²) in [4.78, 5) is 11.4. The smallest absolute Gasteiger partial charge is 0.155 e. The van der Waals surface area contributed by atoms with Crippen LogP contribution < -0.4 is 0 Å². The van der Waals surface area contributed by atoms with Crippen molar-refractivity contribution in [2.75, 3.05) is 0 Å². The molecule has 0 aromatic carbocycles. The maximum atomic E-state index is 11.4. The van der Waals surface area contributed by atoms with Gasteiger partial charge in [0.15, 0.2) is 5.78 Å². The van der Waals surface area contributed by atoms with Crippen molar-refractivity contribution in [3.8, 4) is 0 Å². The lowest BCUT2D eigenvalue weighted by atomic mass is 9.89. The van der Waals surface area contributed by atoms with Crippen molar-refractivity contribution in [3.63, 3.8) is 0 Å². The van der Waals surface area contributed by atoms with Gasteiger partial charge >= 0.3 is 0 Å². The maximum absolute atomic E-state index is 11.4. The van der Waals surface area contributed by atoms with Gasteiger partial charge in [-0.15, -0.1) is 0 Å². The molecule has 0 N–H and O–H groups in total. The van der Waals surface area contributed by atoms with E-state index in [2.05, 4.69) is 26.0 Å². The highest BCUT2D eigenvalue weighted by molar-refractivity contribution is 5.89. The molecule has 0 saturated heterocycles. The molecule has 14 heavy (non-hydrogen) atoms. The van der Waals surface area contributed by atoms with Crippen molar-refractivity contribution in [2.45, 2.75) is 39.5 Å². The summed E-state index contributed by atoms with van der Waals surface area (Å²) in [6.07, 6.45) is 12.0. The van der Waals surface area contributed by atoms with Crippen LogP contribution in [0.5, 0.6) is 0 Å². The Labute approximate surface area is 86.9 Å². The summed E-state index contributed by atoms with van der Waals surface area (Å²) in [5.74, 6) is 1.50.